The van der Waals surface area contributed by atoms with Gasteiger partial charge in [-0.05, 0) is 64.5 Å². The molecule has 2 rings (SSSR count). The van der Waals surface area contributed by atoms with Crippen molar-refractivity contribution in [2.45, 2.75) is 64.5 Å². The van der Waals surface area contributed by atoms with E-state index in [-0.39, 0.29) is 11.1 Å². The van der Waals surface area contributed by atoms with Crippen LogP contribution in [0, 0.1) is 12.5 Å². The summed E-state index contributed by atoms with van der Waals surface area (Å²) in [4.78, 5) is 7.37. The Kier molecular flexibility index (Phi) is 5.18. The molecule has 1 fully saturated rings. The molecule has 2 heterocycles. The molecule has 5 nitrogen and oxygen atoms in total. The molecule has 0 aliphatic carbocycles. The molecule has 5 heteroatoms. The second-order valence-corrected chi connectivity index (χ2v) is 7.72. The topological polar surface area (TPSA) is 53.1 Å². The first-order chi connectivity index (χ1) is 10.7. The van der Waals surface area contributed by atoms with Gasteiger partial charge in [0, 0.05) is 29.9 Å². The largest absolute Gasteiger partial charge is 0.313 e. The third-order valence-electron chi connectivity index (χ3n) is 4.57. The third-order valence-corrected chi connectivity index (χ3v) is 4.57. The summed E-state index contributed by atoms with van der Waals surface area (Å²) in [5.74, 6) is 0.403. The zero-order chi connectivity index (χ0) is 17.1. The van der Waals surface area contributed by atoms with Gasteiger partial charge in [0.25, 0.3) is 0 Å². The lowest BCUT2D eigenvalue weighted by Gasteiger charge is -2.51. The first kappa shape index (κ1) is 17.6. The molecule has 1 saturated heterocycles. The summed E-state index contributed by atoms with van der Waals surface area (Å²) >= 11 is 0. The van der Waals surface area contributed by atoms with Gasteiger partial charge in [-0.15, -0.1) is 4.95 Å². The SMILES string of the molecule is [C-]#[N+]/N=C(\Cc1cccnc1)CC1CC(C)(C)N(O)C(C)(C)C1. The Balaban J connectivity index is 2.12. The fourth-order valence-electron chi connectivity index (χ4n) is 3.91. The van der Waals surface area contributed by atoms with E-state index in [1.807, 2.05) is 18.3 Å². The molecule has 1 aliphatic rings. The first-order valence-corrected chi connectivity index (χ1v) is 8.05. The second-order valence-electron chi connectivity index (χ2n) is 7.72. The molecule has 0 saturated carbocycles. The van der Waals surface area contributed by atoms with Crippen molar-refractivity contribution in [3.8, 4) is 0 Å². The highest BCUT2D eigenvalue weighted by Crippen LogP contribution is 2.41. The Morgan fingerprint density at radius 2 is 2.04 bits per heavy atom. The minimum absolute atomic E-state index is 0.274. The molecular formula is C18H26N4O. The molecule has 124 valence electrons. The van der Waals surface area contributed by atoms with E-state index in [9.17, 15) is 5.21 Å². The van der Waals surface area contributed by atoms with Crippen LogP contribution in [0.5, 0.6) is 0 Å². The fourth-order valence-corrected chi connectivity index (χ4v) is 3.91. The van der Waals surface area contributed by atoms with Gasteiger partial charge in [0.15, 0.2) is 0 Å². The molecule has 23 heavy (non-hydrogen) atoms. The van der Waals surface area contributed by atoms with Gasteiger partial charge in [-0.25, -0.2) is 0 Å². The summed E-state index contributed by atoms with van der Waals surface area (Å²) in [7, 11) is 0. The van der Waals surface area contributed by atoms with E-state index in [1.165, 1.54) is 5.06 Å². The molecule has 0 atom stereocenters. The van der Waals surface area contributed by atoms with Crippen molar-refractivity contribution in [2.24, 2.45) is 11.0 Å². The zero-order valence-electron chi connectivity index (χ0n) is 14.5. The maximum atomic E-state index is 10.4. The van der Waals surface area contributed by atoms with Gasteiger partial charge in [0.05, 0.1) is 5.10 Å². The monoisotopic (exact) mass is 314 g/mol. The summed E-state index contributed by atoms with van der Waals surface area (Å²) < 4.78 is 0. The first-order valence-electron chi connectivity index (χ1n) is 8.05. The Morgan fingerprint density at radius 3 is 2.57 bits per heavy atom. The van der Waals surface area contributed by atoms with Gasteiger partial charge >= 0.3 is 0 Å². The zero-order valence-corrected chi connectivity index (χ0v) is 14.5. The molecule has 1 N–H and O–H groups in total. The summed E-state index contributed by atoms with van der Waals surface area (Å²) in [6.07, 6.45) is 6.79. The molecule has 0 aromatic carbocycles. The van der Waals surface area contributed by atoms with Gasteiger partial charge in [0.1, 0.15) is 5.71 Å². The highest BCUT2D eigenvalue weighted by Gasteiger charge is 2.45. The predicted molar refractivity (Wildman–Crippen MR) is 91.1 cm³/mol. The molecule has 0 amide bonds. The van der Waals surface area contributed by atoms with Crippen molar-refractivity contribution in [1.29, 1.82) is 0 Å². The molecule has 0 unspecified atom stereocenters. The maximum absolute atomic E-state index is 10.4. The molecule has 0 radical (unpaired) electrons. The van der Waals surface area contributed by atoms with Crippen LogP contribution in [0.25, 0.3) is 4.95 Å². The number of rotatable bonds is 4. The number of hydrogen-bond donors (Lipinski definition) is 1. The van der Waals surface area contributed by atoms with Gasteiger partial charge in [-0.1, -0.05) is 6.07 Å². The van der Waals surface area contributed by atoms with Crippen molar-refractivity contribution in [2.75, 3.05) is 0 Å². The van der Waals surface area contributed by atoms with E-state index in [4.69, 9.17) is 6.57 Å². The second kappa shape index (κ2) is 6.77. The van der Waals surface area contributed by atoms with Crippen molar-refractivity contribution in [3.05, 3.63) is 41.6 Å². The summed E-state index contributed by atoms with van der Waals surface area (Å²) in [5, 5.41) is 15.9. The maximum Gasteiger partial charge on any atom is 0.105 e. The number of hydroxylamine groups is 2. The van der Waals surface area contributed by atoms with Crippen LogP contribution in [-0.4, -0.2) is 32.0 Å². The van der Waals surface area contributed by atoms with Crippen LogP contribution in [0.15, 0.2) is 29.6 Å². The predicted octanol–water partition coefficient (Wildman–Crippen LogP) is 3.95. The Morgan fingerprint density at radius 1 is 1.39 bits per heavy atom. The van der Waals surface area contributed by atoms with Crippen molar-refractivity contribution in [1.82, 2.24) is 10.0 Å². The lowest BCUT2D eigenvalue weighted by atomic mass is 9.73. The summed E-state index contributed by atoms with van der Waals surface area (Å²) in [5.41, 5.74) is 1.43. The Labute approximate surface area is 138 Å². The average molecular weight is 314 g/mol. The van der Waals surface area contributed by atoms with Crippen LogP contribution in [0.3, 0.4) is 0 Å². The van der Waals surface area contributed by atoms with Gasteiger partial charge < -0.3 is 5.21 Å². The minimum Gasteiger partial charge on any atom is -0.313 e. The van der Waals surface area contributed by atoms with E-state index >= 15 is 0 Å². The van der Waals surface area contributed by atoms with Crippen LogP contribution in [0.1, 0.15) is 52.5 Å². The van der Waals surface area contributed by atoms with Gasteiger partial charge in [0.2, 0.25) is 0 Å². The van der Waals surface area contributed by atoms with Gasteiger partial charge in [-0.2, -0.15) is 11.6 Å². The smallest absolute Gasteiger partial charge is 0.105 e. The summed E-state index contributed by atoms with van der Waals surface area (Å²) in [6.45, 7) is 15.3. The molecule has 0 spiro atoms. The highest BCUT2D eigenvalue weighted by atomic mass is 16.5. The quantitative estimate of drug-likeness (QED) is 0.520. The normalized spacial score (nSPS) is 21.8. The molecule has 1 aromatic rings. The van der Waals surface area contributed by atoms with E-state index < -0.39 is 0 Å². The molecule has 1 aromatic heterocycles. The number of piperidine rings is 1. The molecule has 1 aliphatic heterocycles. The van der Waals surface area contributed by atoms with Crippen molar-refractivity contribution < 1.29 is 5.21 Å². The minimum atomic E-state index is -0.274. The van der Waals surface area contributed by atoms with Crippen LogP contribution < -0.4 is 0 Å². The molecule has 0 bridgehead atoms. The van der Waals surface area contributed by atoms with E-state index in [2.05, 4.69) is 42.7 Å². The number of aromatic nitrogens is 1. The standard InChI is InChI=1S/C18H26N4O/c1-17(2)11-15(12-18(3,4)22(17)23)10-16(21-19-5)9-14-7-6-8-20-13-14/h6-8,13,15,23H,9-12H2,1-4H3/b21-16+. The lowest BCUT2D eigenvalue weighted by molar-refractivity contribution is -0.250. The molecular weight excluding hydrogens is 288 g/mol. The van der Waals surface area contributed by atoms with Gasteiger partial charge in [-0.3, -0.25) is 4.98 Å². The fraction of sp³-hybridized carbons (Fsp3) is 0.611. The summed E-state index contributed by atoms with van der Waals surface area (Å²) in [6, 6.07) is 3.91. The Hall–Kier alpha value is -1.77. The highest BCUT2D eigenvalue weighted by molar-refractivity contribution is 5.87. The average Bonchev–Trinajstić information content (AvgIpc) is 2.45. The van der Waals surface area contributed by atoms with E-state index in [0.29, 0.717) is 12.3 Å². The van der Waals surface area contributed by atoms with Crippen LogP contribution in [-0.2, 0) is 6.42 Å². The van der Waals surface area contributed by atoms with E-state index in [1.54, 1.807) is 6.20 Å². The third kappa shape index (κ3) is 4.37. The number of hydrogen-bond acceptors (Lipinski definition) is 4. The van der Waals surface area contributed by atoms with Crippen molar-refractivity contribution in [3.63, 3.8) is 0 Å². The number of nitrogens with zero attached hydrogens (tertiary/aromatic N) is 4. The van der Waals surface area contributed by atoms with E-state index in [0.717, 1.165) is 30.5 Å². The van der Waals surface area contributed by atoms with Crippen molar-refractivity contribution >= 4 is 5.71 Å². The number of pyridine rings is 1. The lowest BCUT2D eigenvalue weighted by Crippen LogP contribution is -2.59. The van der Waals surface area contributed by atoms with Crippen LogP contribution in [0.4, 0.5) is 0 Å². The van der Waals surface area contributed by atoms with Crippen LogP contribution in [0.2, 0.25) is 0 Å². The Bertz CT molecular complexity index is 583. The van der Waals surface area contributed by atoms with Crippen LogP contribution >= 0.6 is 0 Å².